The molecule has 1 N–H and O–H groups in total. The summed E-state index contributed by atoms with van der Waals surface area (Å²) in [4.78, 5) is 27.1. The summed E-state index contributed by atoms with van der Waals surface area (Å²) >= 11 is 1.48. The standard InChI is InChI=1S/C20H26N4O4S2/c1-22-13-17(30(27,28)24-7-2-3-8-24)12-18(22)20(26)23-9-4-16(5-10-23)21-19(25)15-6-11-29-14-15/h6,11-14,16H,2-5,7-10H2,1H3,(H,21,25). The van der Waals surface area contributed by atoms with Crippen molar-refractivity contribution in [3.05, 3.63) is 40.3 Å². The van der Waals surface area contributed by atoms with Crippen molar-refractivity contribution in [2.24, 2.45) is 7.05 Å². The summed E-state index contributed by atoms with van der Waals surface area (Å²) in [7, 11) is -1.85. The van der Waals surface area contributed by atoms with Gasteiger partial charge in [0.15, 0.2) is 0 Å². The van der Waals surface area contributed by atoms with Crippen molar-refractivity contribution in [3.63, 3.8) is 0 Å². The van der Waals surface area contributed by atoms with E-state index < -0.39 is 10.0 Å². The Morgan fingerprint density at radius 3 is 2.47 bits per heavy atom. The van der Waals surface area contributed by atoms with Crippen molar-refractivity contribution >= 4 is 33.2 Å². The highest BCUT2D eigenvalue weighted by Crippen LogP contribution is 2.24. The van der Waals surface area contributed by atoms with Crippen LogP contribution in [0.2, 0.25) is 0 Å². The molecule has 162 valence electrons. The monoisotopic (exact) mass is 450 g/mol. The Hall–Kier alpha value is -2.17. The van der Waals surface area contributed by atoms with Gasteiger partial charge in [-0.25, -0.2) is 8.42 Å². The molecule has 4 rings (SSSR count). The van der Waals surface area contributed by atoms with Gasteiger partial charge >= 0.3 is 0 Å². The summed E-state index contributed by atoms with van der Waals surface area (Å²) in [6.07, 6.45) is 4.61. The maximum Gasteiger partial charge on any atom is 0.270 e. The van der Waals surface area contributed by atoms with E-state index in [0.29, 0.717) is 50.3 Å². The molecule has 10 heteroatoms. The number of hydrogen-bond donors (Lipinski definition) is 1. The number of thiophene rings is 1. The molecule has 4 heterocycles. The zero-order valence-corrected chi connectivity index (χ0v) is 18.5. The number of aromatic nitrogens is 1. The molecule has 2 aliphatic heterocycles. The number of nitrogens with one attached hydrogen (secondary N) is 1. The predicted molar refractivity (Wildman–Crippen MR) is 114 cm³/mol. The molecule has 2 saturated heterocycles. The minimum atomic E-state index is -3.55. The van der Waals surface area contributed by atoms with E-state index >= 15 is 0 Å². The van der Waals surface area contributed by atoms with Crippen molar-refractivity contribution in [3.8, 4) is 0 Å². The molecule has 0 spiro atoms. The number of hydrogen-bond acceptors (Lipinski definition) is 5. The van der Waals surface area contributed by atoms with E-state index in [4.69, 9.17) is 0 Å². The van der Waals surface area contributed by atoms with Gasteiger partial charge in [0.25, 0.3) is 11.8 Å². The Labute approximate surface area is 180 Å². The SMILES string of the molecule is Cn1cc(S(=O)(=O)N2CCCC2)cc1C(=O)N1CCC(NC(=O)c2ccsc2)CC1. The van der Waals surface area contributed by atoms with Crippen LogP contribution in [-0.4, -0.2) is 66.2 Å². The van der Waals surface area contributed by atoms with Gasteiger partial charge in [-0.3, -0.25) is 9.59 Å². The van der Waals surface area contributed by atoms with Gasteiger partial charge < -0.3 is 14.8 Å². The molecule has 0 bridgehead atoms. The summed E-state index contributed by atoms with van der Waals surface area (Å²) in [5.41, 5.74) is 1.03. The van der Waals surface area contributed by atoms with Crippen molar-refractivity contribution < 1.29 is 18.0 Å². The van der Waals surface area contributed by atoms with Crippen molar-refractivity contribution in [2.75, 3.05) is 26.2 Å². The van der Waals surface area contributed by atoms with Crippen molar-refractivity contribution in [1.82, 2.24) is 19.1 Å². The number of carbonyl (C=O) groups is 2. The first kappa shape index (κ1) is 21.1. The van der Waals surface area contributed by atoms with Crippen molar-refractivity contribution in [1.29, 1.82) is 0 Å². The number of piperidine rings is 1. The largest absolute Gasteiger partial charge is 0.349 e. The Balaban J connectivity index is 1.38. The van der Waals surface area contributed by atoms with Gasteiger partial charge in [0, 0.05) is 56.4 Å². The van der Waals surface area contributed by atoms with Crippen LogP contribution in [0, 0.1) is 0 Å². The van der Waals surface area contributed by atoms with E-state index in [9.17, 15) is 18.0 Å². The van der Waals surface area contributed by atoms with Crippen LogP contribution < -0.4 is 5.32 Å². The van der Waals surface area contributed by atoms with Gasteiger partial charge in [0.05, 0.1) is 0 Å². The number of likely N-dealkylation sites (tertiary alicyclic amines) is 1. The molecule has 2 aromatic heterocycles. The van der Waals surface area contributed by atoms with E-state index in [-0.39, 0.29) is 22.8 Å². The van der Waals surface area contributed by atoms with Gasteiger partial charge in [-0.05, 0) is 43.2 Å². The Kier molecular flexibility index (Phi) is 5.99. The number of sulfonamides is 1. The maximum absolute atomic E-state index is 13.0. The average Bonchev–Trinajstić information content (AvgIpc) is 3.49. The molecule has 2 aromatic rings. The molecule has 0 aliphatic carbocycles. The molecule has 0 atom stereocenters. The Bertz CT molecular complexity index is 1020. The van der Waals surface area contributed by atoms with Gasteiger partial charge in [0.1, 0.15) is 10.6 Å². The Morgan fingerprint density at radius 2 is 1.83 bits per heavy atom. The van der Waals surface area contributed by atoms with Crippen LogP contribution in [0.3, 0.4) is 0 Å². The van der Waals surface area contributed by atoms with E-state index in [0.717, 1.165) is 12.8 Å². The zero-order valence-electron chi connectivity index (χ0n) is 16.9. The minimum Gasteiger partial charge on any atom is -0.349 e. The molecule has 2 fully saturated rings. The van der Waals surface area contributed by atoms with Crippen LogP contribution >= 0.6 is 11.3 Å². The topological polar surface area (TPSA) is 91.7 Å². The van der Waals surface area contributed by atoms with E-state index in [2.05, 4.69) is 5.32 Å². The van der Waals surface area contributed by atoms with E-state index in [1.54, 1.807) is 22.6 Å². The highest BCUT2D eigenvalue weighted by atomic mass is 32.2. The van der Waals surface area contributed by atoms with Crippen LogP contribution in [0.5, 0.6) is 0 Å². The summed E-state index contributed by atoms with van der Waals surface area (Å²) in [6.45, 7) is 2.11. The quantitative estimate of drug-likeness (QED) is 0.753. The molecule has 8 nitrogen and oxygen atoms in total. The van der Waals surface area contributed by atoms with Gasteiger partial charge in [0.2, 0.25) is 10.0 Å². The molecular weight excluding hydrogens is 424 g/mol. The van der Waals surface area contributed by atoms with Gasteiger partial charge in [-0.15, -0.1) is 0 Å². The lowest BCUT2D eigenvalue weighted by molar-refractivity contribution is 0.0689. The molecule has 30 heavy (non-hydrogen) atoms. The summed E-state index contributed by atoms with van der Waals surface area (Å²) in [5, 5.41) is 6.71. The third-order valence-electron chi connectivity index (χ3n) is 5.80. The summed E-state index contributed by atoms with van der Waals surface area (Å²) in [6, 6.07) is 3.31. The fraction of sp³-hybridized carbons (Fsp3) is 0.500. The number of amides is 2. The molecule has 0 unspecified atom stereocenters. The normalized spacial score (nSPS) is 18.6. The second-order valence-electron chi connectivity index (χ2n) is 7.84. The van der Waals surface area contributed by atoms with Crippen LogP contribution in [0.4, 0.5) is 0 Å². The molecule has 2 amide bonds. The van der Waals surface area contributed by atoms with E-state index in [1.807, 2.05) is 10.8 Å². The predicted octanol–water partition coefficient (Wildman–Crippen LogP) is 1.91. The van der Waals surface area contributed by atoms with Gasteiger partial charge in [-0.2, -0.15) is 15.6 Å². The second-order valence-corrected chi connectivity index (χ2v) is 10.6. The van der Waals surface area contributed by atoms with Crippen LogP contribution in [0.25, 0.3) is 0 Å². The maximum atomic E-state index is 13.0. The summed E-state index contributed by atoms with van der Waals surface area (Å²) < 4.78 is 28.7. The lowest BCUT2D eigenvalue weighted by atomic mass is 10.0. The fourth-order valence-corrected chi connectivity index (χ4v) is 6.24. The van der Waals surface area contributed by atoms with Crippen molar-refractivity contribution in [2.45, 2.75) is 36.6 Å². The molecule has 0 aromatic carbocycles. The van der Waals surface area contributed by atoms with E-state index in [1.165, 1.54) is 27.9 Å². The number of aryl methyl sites for hydroxylation is 1. The fourth-order valence-electron chi connectivity index (χ4n) is 4.02. The first-order chi connectivity index (χ1) is 14.4. The lowest BCUT2D eigenvalue weighted by Gasteiger charge is -2.32. The smallest absolute Gasteiger partial charge is 0.270 e. The van der Waals surface area contributed by atoms with Crippen LogP contribution in [0.1, 0.15) is 46.5 Å². The highest BCUT2D eigenvalue weighted by molar-refractivity contribution is 7.89. The third-order valence-corrected chi connectivity index (χ3v) is 8.35. The molecule has 2 aliphatic rings. The van der Waals surface area contributed by atoms with Gasteiger partial charge in [-0.1, -0.05) is 0 Å². The number of carbonyl (C=O) groups excluding carboxylic acids is 2. The molecule has 0 radical (unpaired) electrons. The first-order valence-corrected chi connectivity index (χ1v) is 12.5. The Morgan fingerprint density at radius 1 is 1.13 bits per heavy atom. The average molecular weight is 451 g/mol. The summed E-state index contributed by atoms with van der Waals surface area (Å²) in [5.74, 6) is -0.261. The van der Waals surface area contributed by atoms with Crippen LogP contribution in [0.15, 0.2) is 34.0 Å². The second kappa shape index (κ2) is 8.52. The molecular formula is C20H26N4O4S2. The molecule has 0 saturated carbocycles. The first-order valence-electron chi connectivity index (χ1n) is 10.1. The lowest BCUT2D eigenvalue weighted by Crippen LogP contribution is -2.46. The minimum absolute atomic E-state index is 0.0287. The zero-order chi connectivity index (χ0) is 21.3. The highest BCUT2D eigenvalue weighted by Gasteiger charge is 2.31. The number of nitrogens with zero attached hydrogens (tertiary/aromatic N) is 3. The third kappa shape index (κ3) is 4.17. The van der Waals surface area contributed by atoms with Crippen LogP contribution in [-0.2, 0) is 17.1 Å². The number of rotatable bonds is 5.